The predicted octanol–water partition coefficient (Wildman–Crippen LogP) is 2.84. The van der Waals surface area contributed by atoms with Crippen LogP contribution in [0.2, 0.25) is 0 Å². The maximum atomic E-state index is 5.96. The fourth-order valence-corrected chi connectivity index (χ4v) is 3.30. The zero-order valence-electron chi connectivity index (χ0n) is 11.5. The van der Waals surface area contributed by atoms with Gasteiger partial charge in [0.15, 0.2) is 0 Å². The van der Waals surface area contributed by atoms with Gasteiger partial charge in [-0.1, -0.05) is 13.0 Å². The highest BCUT2D eigenvalue weighted by atomic mass is 32.1. The first-order chi connectivity index (χ1) is 9.24. The number of hydrogen-bond acceptors (Lipinski definition) is 4. The molecule has 2 heterocycles. The fraction of sp³-hybridized carbons (Fsp3) is 0.400. The number of nitrogens with two attached hydrogens (primary N) is 1. The minimum absolute atomic E-state index is 0.283. The van der Waals surface area contributed by atoms with Gasteiger partial charge < -0.3 is 5.73 Å². The van der Waals surface area contributed by atoms with Crippen LogP contribution in [0.3, 0.4) is 0 Å². The van der Waals surface area contributed by atoms with Crippen molar-refractivity contribution >= 4 is 11.3 Å². The van der Waals surface area contributed by atoms with Gasteiger partial charge in [-0.2, -0.15) is 0 Å². The molecule has 0 spiro atoms. The fourth-order valence-electron chi connectivity index (χ4n) is 2.17. The first-order valence-corrected chi connectivity index (χ1v) is 7.44. The van der Waals surface area contributed by atoms with Crippen LogP contribution < -0.4 is 5.73 Å². The number of rotatable bonds is 6. The Morgan fingerprint density at radius 3 is 2.79 bits per heavy atom. The van der Waals surface area contributed by atoms with E-state index in [1.807, 2.05) is 23.6 Å². The van der Waals surface area contributed by atoms with Gasteiger partial charge in [0.2, 0.25) is 0 Å². The summed E-state index contributed by atoms with van der Waals surface area (Å²) in [6, 6.07) is 8.77. The van der Waals surface area contributed by atoms with Crippen molar-refractivity contribution in [2.24, 2.45) is 5.73 Å². The summed E-state index contributed by atoms with van der Waals surface area (Å²) in [5.41, 5.74) is 7.18. The Morgan fingerprint density at radius 2 is 2.21 bits per heavy atom. The van der Waals surface area contributed by atoms with E-state index in [4.69, 9.17) is 5.73 Å². The molecule has 0 saturated heterocycles. The lowest BCUT2D eigenvalue weighted by Gasteiger charge is -2.26. The van der Waals surface area contributed by atoms with E-state index in [-0.39, 0.29) is 6.04 Å². The van der Waals surface area contributed by atoms with Crippen molar-refractivity contribution in [1.29, 1.82) is 0 Å². The third-order valence-electron chi connectivity index (χ3n) is 3.27. The van der Waals surface area contributed by atoms with Crippen LogP contribution in [0, 0.1) is 0 Å². The van der Waals surface area contributed by atoms with Crippen LogP contribution in [0.15, 0.2) is 36.7 Å². The van der Waals surface area contributed by atoms with Gasteiger partial charge in [0.1, 0.15) is 0 Å². The van der Waals surface area contributed by atoms with E-state index in [0.717, 1.165) is 13.0 Å². The Morgan fingerprint density at radius 1 is 1.37 bits per heavy atom. The molecule has 0 aliphatic rings. The zero-order valence-corrected chi connectivity index (χ0v) is 12.4. The molecule has 0 aromatic carbocycles. The topological polar surface area (TPSA) is 42.1 Å². The third-order valence-corrected chi connectivity index (χ3v) is 4.60. The standard InChI is InChI=1S/C15H21N3S/c1-3-13-6-7-15(19-13)14(9-16)18(2)11-12-5-4-8-17-10-12/h4-8,10,14H,3,9,11,16H2,1-2H3. The van der Waals surface area contributed by atoms with E-state index in [0.29, 0.717) is 6.54 Å². The van der Waals surface area contributed by atoms with E-state index in [2.05, 4.69) is 42.1 Å². The second-order valence-corrected chi connectivity index (χ2v) is 5.89. The Balaban J connectivity index is 2.08. The molecule has 4 heteroatoms. The van der Waals surface area contributed by atoms with Crippen molar-refractivity contribution < 1.29 is 0 Å². The van der Waals surface area contributed by atoms with Crippen molar-refractivity contribution in [2.45, 2.75) is 25.9 Å². The van der Waals surface area contributed by atoms with Crippen molar-refractivity contribution in [1.82, 2.24) is 9.88 Å². The summed E-state index contributed by atoms with van der Waals surface area (Å²) < 4.78 is 0. The highest BCUT2D eigenvalue weighted by molar-refractivity contribution is 7.12. The van der Waals surface area contributed by atoms with Crippen LogP contribution in [0.4, 0.5) is 0 Å². The van der Waals surface area contributed by atoms with Gasteiger partial charge in [-0.05, 0) is 37.2 Å². The summed E-state index contributed by atoms with van der Waals surface area (Å²) in [4.78, 5) is 9.22. The van der Waals surface area contributed by atoms with Gasteiger partial charge in [-0.15, -0.1) is 11.3 Å². The van der Waals surface area contributed by atoms with Gasteiger partial charge in [-0.3, -0.25) is 9.88 Å². The molecule has 102 valence electrons. The maximum absolute atomic E-state index is 5.96. The molecule has 0 radical (unpaired) electrons. The Hall–Kier alpha value is -1.23. The molecule has 2 rings (SSSR count). The van der Waals surface area contributed by atoms with Crippen LogP contribution in [0.5, 0.6) is 0 Å². The minimum atomic E-state index is 0.283. The van der Waals surface area contributed by atoms with E-state index in [1.165, 1.54) is 15.3 Å². The molecule has 2 aromatic heterocycles. The Labute approximate surface area is 119 Å². The minimum Gasteiger partial charge on any atom is -0.329 e. The lowest BCUT2D eigenvalue weighted by Crippen LogP contribution is -2.29. The summed E-state index contributed by atoms with van der Waals surface area (Å²) in [7, 11) is 2.12. The number of aromatic nitrogens is 1. The quantitative estimate of drug-likeness (QED) is 0.881. The van der Waals surface area contributed by atoms with Crippen molar-refractivity contribution in [3.63, 3.8) is 0 Å². The second-order valence-electron chi connectivity index (χ2n) is 4.69. The smallest absolute Gasteiger partial charge is 0.0564 e. The van der Waals surface area contributed by atoms with Crippen LogP contribution in [-0.2, 0) is 13.0 Å². The molecule has 2 N–H and O–H groups in total. The molecule has 3 nitrogen and oxygen atoms in total. The lowest BCUT2D eigenvalue weighted by molar-refractivity contribution is 0.245. The Kier molecular flexibility index (Phi) is 5.07. The summed E-state index contributed by atoms with van der Waals surface area (Å²) in [5.74, 6) is 0. The van der Waals surface area contributed by atoms with Crippen molar-refractivity contribution in [3.8, 4) is 0 Å². The largest absolute Gasteiger partial charge is 0.329 e. The van der Waals surface area contributed by atoms with Gasteiger partial charge in [0, 0.05) is 35.2 Å². The monoisotopic (exact) mass is 275 g/mol. The van der Waals surface area contributed by atoms with E-state index < -0.39 is 0 Å². The number of aryl methyl sites for hydroxylation is 1. The molecule has 0 aliphatic heterocycles. The summed E-state index contributed by atoms with van der Waals surface area (Å²) >= 11 is 1.87. The second kappa shape index (κ2) is 6.80. The molecular formula is C15H21N3S. The molecular weight excluding hydrogens is 254 g/mol. The van der Waals surface area contributed by atoms with Crippen molar-refractivity contribution in [3.05, 3.63) is 52.0 Å². The first kappa shape index (κ1) is 14.2. The molecule has 1 atom stereocenters. The number of nitrogens with zero attached hydrogens (tertiary/aromatic N) is 2. The lowest BCUT2D eigenvalue weighted by atomic mass is 10.2. The van der Waals surface area contributed by atoms with Crippen LogP contribution >= 0.6 is 11.3 Å². The van der Waals surface area contributed by atoms with Crippen LogP contribution in [0.1, 0.15) is 28.3 Å². The molecule has 1 unspecified atom stereocenters. The molecule has 0 amide bonds. The highest BCUT2D eigenvalue weighted by Gasteiger charge is 2.17. The molecule has 19 heavy (non-hydrogen) atoms. The van der Waals surface area contributed by atoms with Gasteiger partial charge in [-0.25, -0.2) is 0 Å². The summed E-state index contributed by atoms with van der Waals surface area (Å²) in [6.07, 6.45) is 4.81. The number of likely N-dealkylation sites (N-methyl/N-ethyl adjacent to an activating group) is 1. The number of pyridine rings is 1. The van der Waals surface area contributed by atoms with Crippen LogP contribution in [-0.4, -0.2) is 23.5 Å². The molecule has 0 aliphatic carbocycles. The Bertz CT molecular complexity index is 495. The average molecular weight is 275 g/mol. The molecule has 0 saturated carbocycles. The van der Waals surface area contributed by atoms with Gasteiger partial charge >= 0.3 is 0 Å². The molecule has 0 bridgehead atoms. The number of hydrogen-bond donors (Lipinski definition) is 1. The normalized spacial score (nSPS) is 12.8. The molecule has 2 aromatic rings. The van der Waals surface area contributed by atoms with Crippen LogP contribution in [0.25, 0.3) is 0 Å². The van der Waals surface area contributed by atoms with Gasteiger partial charge in [0.05, 0.1) is 6.04 Å². The third kappa shape index (κ3) is 3.62. The highest BCUT2D eigenvalue weighted by Crippen LogP contribution is 2.27. The zero-order chi connectivity index (χ0) is 13.7. The first-order valence-electron chi connectivity index (χ1n) is 6.62. The van der Waals surface area contributed by atoms with E-state index in [1.54, 1.807) is 6.20 Å². The average Bonchev–Trinajstić information content (AvgIpc) is 2.89. The summed E-state index contributed by atoms with van der Waals surface area (Å²) in [5, 5.41) is 0. The molecule has 0 fully saturated rings. The maximum Gasteiger partial charge on any atom is 0.0564 e. The van der Waals surface area contributed by atoms with Gasteiger partial charge in [0.25, 0.3) is 0 Å². The van der Waals surface area contributed by atoms with Crippen molar-refractivity contribution in [2.75, 3.05) is 13.6 Å². The van der Waals surface area contributed by atoms with E-state index >= 15 is 0 Å². The van der Waals surface area contributed by atoms with E-state index in [9.17, 15) is 0 Å². The predicted molar refractivity (Wildman–Crippen MR) is 81.2 cm³/mol. The number of thiophene rings is 1. The SMILES string of the molecule is CCc1ccc(C(CN)N(C)Cc2cccnc2)s1. The summed E-state index contributed by atoms with van der Waals surface area (Å²) in [6.45, 7) is 3.70.